The van der Waals surface area contributed by atoms with Crippen LogP contribution in [0.2, 0.25) is 18.6 Å². The minimum Gasteiger partial charge on any atom is -0.497 e. The van der Waals surface area contributed by atoms with Crippen LogP contribution < -0.4 is 24.6 Å². The molecular formula is C44H45N3O6Si. The molecule has 0 unspecified atom stereocenters. The molecule has 1 fully saturated rings. The Hall–Kier alpha value is -5.55. The number of hydrogen-bond donors (Lipinski definition) is 1. The fourth-order valence-electron chi connectivity index (χ4n) is 8.71. The van der Waals surface area contributed by atoms with Crippen LogP contribution in [0.3, 0.4) is 0 Å². The summed E-state index contributed by atoms with van der Waals surface area (Å²) in [6.45, 7) is 6.85. The van der Waals surface area contributed by atoms with Crippen LogP contribution in [0.4, 0.5) is 28.4 Å². The number of ether oxygens (including phenoxy) is 2. The maximum Gasteiger partial charge on any atom is 0.264 e. The van der Waals surface area contributed by atoms with E-state index in [4.69, 9.17) is 9.47 Å². The predicted molar refractivity (Wildman–Crippen MR) is 215 cm³/mol. The van der Waals surface area contributed by atoms with Crippen molar-refractivity contribution < 1.29 is 29.0 Å². The number of aliphatic hydroxyl groups excluding tert-OH is 1. The Kier molecular flexibility index (Phi) is 10.3. The van der Waals surface area contributed by atoms with Crippen molar-refractivity contribution in [2.24, 2.45) is 5.92 Å². The van der Waals surface area contributed by atoms with Crippen LogP contribution in [0, 0.1) is 5.92 Å². The lowest BCUT2D eigenvalue weighted by molar-refractivity contribution is -0.146. The Morgan fingerprint density at radius 2 is 1.39 bits per heavy atom. The van der Waals surface area contributed by atoms with E-state index in [0.29, 0.717) is 34.7 Å². The number of carbonyl (C=O) groups excluding carboxylic acids is 3. The molecule has 2 aliphatic rings. The van der Waals surface area contributed by atoms with Gasteiger partial charge in [0.15, 0.2) is 5.60 Å². The summed E-state index contributed by atoms with van der Waals surface area (Å²) >= 11 is 0. The zero-order valence-corrected chi connectivity index (χ0v) is 32.0. The zero-order chi connectivity index (χ0) is 38.0. The molecule has 1 spiro atoms. The molecule has 4 atom stereocenters. The number of amides is 3. The van der Waals surface area contributed by atoms with Crippen LogP contribution in [0.25, 0.3) is 0 Å². The van der Waals surface area contributed by atoms with Crippen molar-refractivity contribution in [3.63, 3.8) is 0 Å². The number of rotatable bonds is 13. The van der Waals surface area contributed by atoms with Crippen molar-refractivity contribution in [1.29, 1.82) is 0 Å². The summed E-state index contributed by atoms with van der Waals surface area (Å²) < 4.78 is 12.6. The molecule has 0 bridgehead atoms. The van der Waals surface area contributed by atoms with Crippen molar-refractivity contribution >= 4 is 60.4 Å². The van der Waals surface area contributed by atoms with Crippen molar-refractivity contribution in [2.45, 2.75) is 50.2 Å². The van der Waals surface area contributed by atoms with Crippen LogP contribution in [-0.2, 0) is 31.3 Å². The minimum atomic E-state index is -2.41. The molecule has 1 N–H and O–H groups in total. The number of carbonyl (C=O) groups is 3. The molecule has 10 heteroatoms. The fraction of sp³-hybridized carbons (Fsp3) is 0.250. The average Bonchev–Trinajstić information content (AvgIpc) is 3.62. The summed E-state index contributed by atoms with van der Waals surface area (Å²) in [7, 11) is -0.756. The molecule has 0 aromatic heterocycles. The van der Waals surface area contributed by atoms with E-state index in [1.54, 1.807) is 21.8 Å². The van der Waals surface area contributed by atoms with Gasteiger partial charge in [0.2, 0.25) is 12.8 Å². The van der Waals surface area contributed by atoms with Crippen molar-refractivity contribution in [3.05, 3.63) is 139 Å². The summed E-state index contributed by atoms with van der Waals surface area (Å²) in [5.41, 5.74) is 3.51. The van der Waals surface area contributed by atoms with E-state index < -0.39 is 19.8 Å². The van der Waals surface area contributed by atoms with E-state index in [2.05, 4.69) is 32.2 Å². The molecule has 54 heavy (non-hydrogen) atoms. The summed E-state index contributed by atoms with van der Waals surface area (Å²) in [5, 5.41) is 11.6. The Morgan fingerprint density at radius 3 is 1.96 bits per heavy atom. The molecule has 1 saturated heterocycles. The Balaban J connectivity index is 1.34. The van der Waals surface area contributed by atoms with Crippen molar-refractivity contribution in [1.82, 2.24) is 0 Å². The maximum absolute atomic E-state index is 15.3. The topological polar surface area (TPSA) is 99.6 Å². The van der Waals surface area contributed by atoms with E-state index in [-0.39, 0.29) is 30.5 Å². The fourth-order valence-corrected chi connectivity index (χ4v) is 12.8. The molecule has 3 amide bonds. The van der Waals surface area contributed by atoms with Crippen LogP contribution in [0.15, 0.2) is 127 Å². The van der Waals surface area contributed by atoms with Gasteiger partial charge < -0.3 is 19.5 Å². The normalized spacial score (nSPS) is 20.5. The standard InChI is InChI=1S/C44H45N3O6Si/c1-31-42(54(3,4)38-21-19-37(52-2)20-22-38)41(24-25-48)53-44(31)39-27-36(47(30-50)34-15-9-6-10-16-34)18-23-40(39)45(43(44)51)28-32-12-11-17-35(26-32)46(29-49)33-13-7-5-8-14-33/h5-23,26-27,29-31,41-42,48H,24-25,28H2,1-4H3/t31-,41+,42-,44+/m1/s1. The third kappa shape index (κ3) is 6.30. The SMILES string of the molecule is COc1ccc([Si](C)(C)[C@H]2[C@H](CCO)O[C@@]3(C(=O)N(Cc4cccc(N(C=O)c5ccccc5)c4)c4ccc(N(C=O)c5ccccc5)cc43)[C@@H]2C)cc1. The Bertz CT molecular complexity index is 2130. The van der Waals surface area contributed by atoms with Crippen molar-refractivity contribution in [3.8, 4) is 5.75 Å². The van der Waals surface area contributed by atoms with E-state index in [1.165, 1.54) is 5.19 Å². The smallest absolute Gasteiger partial charge is 0.264 e. The van der Waals surface area contributed by atoms with E-state index in [0.717, 1.165) is 29.8 Å². The second kappa shape index (κ2) is 15.1. The van der Waals surface area contributed by atoms with Gasteiger partial charge in [-0.15, -0.1) is 0 Å². The highest BCUT2D eigenvalue weighted by Gasteiger charge is 2.66. The third-order valence-corrected chi connectivity index (χ3v) is 15.7. The van der Waals surface area contributed by atoms with Gasteiger partial charge in [0.1, 0.15) is 5.75 Å². The molecule has 7 rings (SSSR count). The van der Waals surface area contributed by atoms with E-state index in [1.807, 2.05) is 115 Å². The van der Waals surface area contributed by atoms with Gasteiger partial charge in [0.05, 0.1) is 33.5 Å². The largest absolute Gasteiger partial charge is 0.497 e. The molecule has 0 saturated carbocycles. The summed E-state index contributed by atoms with van der Waals surface area (Å²) in [6.07, 6.45) is 1.54. The minimum absolute atomic E-state index is 0.0508. The third-order valence-electron chi connectivity index (χ3n) is 11.3. The van der Waals surface area contributed by atoms with Gasteiger partial charge in [0.25, 0.3) is 5.91 Å². The highest BCUT2D eigenvalue weighted by molar-refractivity contribution is 6.91. The lowest BCUT2D eigenvalue weighted by atomic mass is 9.82. The van der Waals surface area contributed by atoms with E-state index in [9.17, 15) is 14.7 Å². The monoisotopic (exact) mass is 739 g/mol. The molecular weight excluding hydrogens is 695 g/mol. The average molecular weight is 740 g/mol. The first-order valence-corrected chi connectivity index (χ1v) is 21.3. The first-order chi connectivity index (χ1) is 26.2. The van der Waals surface area contributed by atoms with Crippen LogP contribution in [0.5, 0.6) is 5.75 Å². The first-order valence-electron chi connectivity index (χ1n) is 18.3. The number of hydrogen-bond acceptors (Lipinski definition) is 6. The second-order valence-corrected chi connectivity index (χ2v) is 19.2. The van der Waals surface area contributed by atoms with Gasteiger partial charge >= 0.3 is 0 Å². The van der Waals surface area contributed by atoms with Gasteiger partial charge in [-0.05, 0) is 84.3 Å². The molecule has 5 aromatic rings. The highest BCUT2D eigenvalue weighted by Crippen LogP contribution is 2.60. The maximum atomic E-state index is 15.3. The number of para-hydroxylation sites is 2. The van der Waals surface area contributed by atoms with Crippen molar-refractivity contribution in [2.75, 3.05) is 28.4 Å². The van der Waals surface area contributed by atoms with E-state index >= 15 is 4.79 Å². The highest BCUT2D eigenvalue weighted by atomic mass is 28.3. The molecule has 0 radical (unpaired) electrons. The molecule has 9 nitrogen and oxygen atoms in total. The Morgan fingerprint density at radius 1 is 0.796 bits per heavy atom. The zero-order valence-electron chi connectivity index (χ0n) is 31.0. The van der Waals surface area contributed by atoms with Gasteiger partial charge in [-0.1, -0.05) is 85.9 Å². The van der Waals surface area contributed by atoms with Gasteiger partial charge in [-0.25, -0.2) is 0 Å². The number of nitrogens with zero attached hydrogens (tertiary/aromatic N) is 3. The second-order valence-electron chi connectivity index (χ2n) is 14.6. The molecule has 0 aliphatic carbocycles. The van der Waals surface area contributed by atoms with Crippen LogP contribution >= 0.6 is 0 Å². The molecule has 2 aliphatic heterocycles. The number of anilines is 5. The quantitative estimate of drug-likeness (QED) is 0.0997. The lowest BCUT2D eigenvalue weighted by Gasteiger charge is -2.37. The molecule has 2 heterocycles. The number of aliphatic hydroxyl groups is 1. The van der Waals surface area contributed by atoms with Gasteiger partial charge in [-0.2, -0.15) is 0 Å². The first kappa shape index (κ1) is 36.8. The summed E-state index contributed by atoms with van der Waals surface area (Å²) in [4.78, 5) is 45.2. The van der Waals surface area contributed by atoms with Crippen LogP contribution in [-0.4, -0.2) is 51.7 Å². The number of fused-ring (bicyclic) bond motifs is 2. The predicted octanol–water partition coefficient (Wildman–Crippen LogP) is 7.43. The summed E-state index contributed by atoms with van der Waals surface area (Å²) in [6, 6.07) is 40.3. The van der Waals surface area contributed by atoms with Gasteiger partial charge in [0, 0.05) is 40.8 Å². The Labute approximate surface area is 317 Å². The van der Waals surface area contributed by atoms with Crippen LogP contribution in [0.1, 0.15) is 24.5 Å². The number of benzene rings is 5. The molecule has 276 valence electrons. The summed E-state index contributed by atoms with van der Waals surface area (Å²) in [5.74, 6) is 0.291. The number of methoxy groups -OCH3 is 1. The van der Waals surface area contributed by atoms with Gasteiger partial charge in [-0.3, -0.25) is 24.2 Å². The lowest BCUT2D eigenvalue weighted by Crippen LogP contribution is -2.51. The molecule has 5 aromatic carbocycles.